The molecule has 0 unspecified atom stereocenters. The highest BCUT2D eigenvalue weighted by Gasteiger charge is 2.24. The number of furan rings is 1. The molecule has 202 valence electrons. The van der Waals surface area contributed by atoms with Gasteiger partial charge >= 0.3 is 0 Å². The van der Waals surface area contributed by atoms with Crippen LogP contribution in [-0.4, -0.2) is 79.1 Å². The molecule has 1 aromatic heterocycles. The molecule has 8 heteroatoms. The lowest BCUT2D eigenvalue weighted by Crippen LogP contribution is -2.48. The number of rotatable bonds is 13. The lowest BCUT2D eigenvalue weighted by molar-refractivity contribution is -0.144. The van der Waals surface area contributed by atoms with Gasteiger partial charge in [-0.05, 0) is 30.2 Å². The summed E-state index contributed by atoms with van der Waals surface area (Å²) in [6, 6.07) is 23.4. The maximum Gasteiger partial charge on any atom is 0.249 e. The standard InChI is InChI=1S/C30H37N3O5/c1-25-12-13-28(38-25)21-33(20-26-8-4-2-5-9-26)29(34)22-32(15-14-31-16-18-36-19-17-31)30(35)24-37-23-27-10-6-3-7-11-27/h2-13H,14-24H2,1H3. The first kappa shape index (κ1) is 27.6. The van der Waals surface area contributed by atoms with E-state index in [0.29, 0.717) is 51.8 Å². The van der Waals surface area contributed by atoms with Crippen LogP contribution in [0.3, 0.4) is 0 Å². The quantitative estimate of drug-likeness (QED) is 0.344. The summed E-state index contributed by atoms with van der Waals surface area (Å²) in [4.78, 5) is 32.5. The Morgan fingerprint density at radius 3 is 2.18 bits per heavy atom. The Balaban J connectivity index is 1.42. The van der Waals surface area contributed by atoms with Gasteiger partial charge in [0.25, 0.3) is 0 Å². The van der Waals surface area contributed by atoms with Crippen molar-refractivity contribution in [3.05, 3.63) is 95.4 Å². The predicted octanol–water partition coefficient (Wildman–Crippen LogP) is 3.49. The molecule has 2 aromatic carbocycles. The van der Waals surface area contributed by atoms with Crippen molar-refractivity contribution in [2.75, 3.05) is 52.5 Å². The maximum atomic E-state index is 13.6. The molecule has 0 N–H and O–H groups in total. The number of ether oxygens (including phenoxy) is 2. The minimum absolute atomic E-state index is 0.0234. The number of aryl methyl sites for hydroxylation is 1. The molecule has 0 atom stereocenters. The molecule has 0 saturated carbocycles. The van der Waals surface area contributed by atoms with E-state index < -0.39 is 0 Å². The predicted molar refractivity (Wildman–Crippen MR) is 144 cm³/mol. The van der Waals surface area contributed by atoms with Gasteiger partial charge in [0.1, 0.15) is 18.1 Å². The zero-order valence-electron chi connectivity index (χ0n) is 22.1. The minimum Gasteiger partial charge on any atom is -0.464 e. The van der Waals surface area contributed by atoms with Crippen LogP contribution in [0.2, 0.25) is 0 Å². The van der Waals surface area contributed by atoms with E-state index in [0.717, 1.165) is 30.0 Å². The summed E-state index contributed by atoms with van der Waals surface area (Å²) in [5, 5.41) is 0. The highest BCUT2D eigenvalue weighted by molar-refractivity contribution is 5.85. The third kappa shape index (κ3) is 8.83. The third-order valence-electron chi connectivity index (χ3n) is 6.52. The normalized spacial score (nSPS) is 13.8. The van der Waals surface area contributed by atoms with Crippen LogP contribution in [0.5, 0.6) is 0 Å². The van der Waals surface area contributed by atoms with Crippen LogP contribution in [0.25, 0.3) is 0 Å². The Hall–Kier alpha value is -3.46. The fraction of sp³-hybridized carbons (Fsp3) is 0.400. The molecule has 2 heterocycles. The van der Waals surface area contributed by atoms with E-state index in [2.05, 4.69) is 4.90 Å². The van der Waals surface area contributed by atoms with Crippen molar-refractivity contribution in [3.63, 3.8) is 0 Å². The minimum atomic E-state index is -0.198. The molecule has 1 aliphatic heterocycles. The van der Waals surface area contributed by atoms with Crippen molar-refractivity contribution >= 4 is 11.8 Å². The van der Waals surface area contributed by atoms with Crippen molar-refractivity contribution in [2.45, 2.75) is 26.6 Å². The summed E-state index contributed by atoms with van der Waals surface area (Å²) >= 11 is 0. The lowest BCUT2D eigenvalue weighted by Gasteiger charge is -2.31. The van der Waals surface area contributed by atoms with E-state index in [-0.39, 0.29) is 25.0 Å². The van der Waals surface area contributed by atoms with Crippen LogP contribution in [-0.2, 0) is 38.8 Å². The Kier molecular flexibility index (Phi) is 10.5. The number of hydrogen-bond acceptors (Lipinski definition) is 6. The highest BCUT2D eigenvalue weighted by atomic mass is 16.5. The van der Waals surface area contributed by atoms with Crippen LogP contribution in [0, 0.1) is 6.92 Å². The summed E-state index contributed by atoms with van der Waals surface area (Å²) in [5.74, 6) is 1.17. The van der Waals surface area contributed by atoms with Crippen molar-refractivity contribution in [3.8, 4) is 0 Å². The second-order valence-electron chi connectivity index (χ2n) is 9.50. The summed E-state index contributed by atoms with van der Waals surface area (Å²) in [6.07, 6.45) is 0. The van der Waals surface area contributed by atoms with Crippen LogP contribution in [0.4, 0.5) is 0 Å². The smallest absolute Gasteiger partial charge is 0.249 e. The zero-order chi connectivity index (χ0) is 26.6. The molecule has 3 aromatic rings. The maximum absolute atomic E-state index is 13.6. The molecule has 8 nitrogen and oxygen atoms in total. The largest absolute Gasteiger partial charge is 0.464 e. The molecule has 0 radical (unpaired) electrons. The summed E-state index contributed by atoms with van der Waals surface area (Å²) in [6.45, 7) is 7.00. The molecular formula is C30H37N3O5. The van der Waals surface area contributed by atoms with E-state index in [1.165, 1.54) is 0 Å². The van der Waals surface area contributed by atoms with E-state index in [1.54, 1.807) is 9.80 Å². The first-order valence-corrected chi connectivity index (χ1v) is 13.1. The number of nitrogens with zero attached hydrogens (tertiary/aromatic N) is 3. The van der Waals surface area contributed by atoms with Gasteiger partial charge in [0.15, 0.2) is 0 Å². The van der Waals surface area contributed by atoms with Gasteiger partial charge in [-0.1, -0.05) is 60.7 Å². The van der Waals surface area contributed by atoms with Crippen molar-refractivity contribution < 1.29 is 23.5 Å². The van der Waals surface area contributed by atoms with E-state index in [4.69, 9.17) is 13.9 Å². The van der Waals surface area contributed by atoms with E-state index in [1.807, 2.05) is 79.7 Å². The highest BCUT2D eigenvalue weighted by Crippen LogP contribution is 2.14. The Bertz CT molecular complexity index is 1130. The van der Waals surface area contributed by atoms with Crippen LogP contribution in [0.1, 0.15) is 22.6 Å². The number of morpholine rings is 1. The SMILES string of the molecule is Cc1ccc(CN(Cc2ccccc2)C(=O)CN(CCN2CCOCC2)C(=O)COCc2ccccc2)o1. The molecule has 0 bridgehead atoms. The first-order chi connectivity index (χ1) is 18.6. The molecule has 1 saturated heterocycles. The summed E-state index contributed by atoms with van der Waals surface area (Å²) in [5.41, 5.74) is 2.01. The summed E-state index contributed by atoms with van der Waals surface area (Å²) < 4.78 is 16.9. The molecule has 1 aliphatic rings. The second-order valence-corrected chi connectivity index (χ2v) is 9.50. The van der Waals surface area contributed by atoms with Crippen molar-refractivity contribution in [1.29, 1.82) is 0 Å². The number of carbonyl (C=O) groups excluding carboxylic acids is 2. The monoisotopic (exact) mass is 519 g/mol. The molecule has 1 fully saturated rings. The van der Waals surface area contributed by atoms with Gasteiger partial charge in [0.2, 0.25) is 11.8 Å². The average molecular weight is 520 g/mol. The topological polar surface area (TPSA) is 75.5 Å². The van der Waals surface area contributed by atoms with Gasteiger partial charge in [0.05, 0.1) is 32.9 Å². The summed E-state index contributed by atoms with van der Waals surface area (Å²) in [7, 11) is 0. The second kappa shape index (κ2) is 14.5. The molecule has 4 rings (SSSR count). The van der Waals surface area contributed by atoms with Gasteiger partial charge in [-0.15, -0.1) is 0 Å². The molecule has 0 aliphatic carbocycles. The third-order valence-corrected chi connectivity index (χ3v) is 6.52. The van der Waals surface area contributed by atoms with Gasteiger partial charge in [-0.3, -0.25) is 14.5 Å². The van der Waals surface area contributed by atoms with Gasteiger partial charge in [-0.25, -0.2) is 0 Å². The fourth-order valence-electron chi connectivity index (χ4n) is 4.36. The Morgan fingerprint density at radius 2 is 1.53 bits per heavy atom. The van der Waals surface area contributed by atoms with Gasteiger partial charge in [-0.2, -0.15) is 0 Å². The lowest BCUT2D eigenvalue weighted by atomic mass is 10.2. The molecule has 0 spiro atoms. The van der Waals surface area contributed by atoms with Gasteiger partial charge < -0.3 is 23.7 Å². The fourth-order valence-corrected chi connectivity index (χ4v) is 4.36. The van der Waals surface area contributed by atoms with E-state index >= 15 is 0 Å². The van der Waals surface area contributed by atoms with Gasteiger partial charge in [0, 0.05) is 32.7 Å². The zero-order valence-corrected chi connectivity index (χ0v) is 22.1. The molecule has 2 amide bonds. The first-order valence-electron chi connectivity index (χ1n) is 13.1. The molecule has 38 heavy (non-hydrogen) atoms. The number of hydrogen-bond donors (Lipinski definition) is 0. The van der Waals surface area contributed by atoms with Crippen LogP contribution in [0.15, 0.2) is 77.2 Å². The average Bonchev–Trinajstić information content (AvgIpc) is 3.36. The van der Waals surface area contributed by atoms with Crippen molar-refractivity contribution in [1.82, 2.24) is 14.7 Å². The van der Waals surface area contributed by atoms with E-state index in [9.17, 15) is 9.59 Å². The number of amides is 2. The van der Waals surface area contributed by atoms with Crippen LogP contribution < -0.4 is 0 Å². The Morgan fingerprint density at radius 1 is 0.842 bits per heavy atom. The molecular weight excluding hydrogens is 482 g/mol. The number of benzene rings is 2. The van der Waals surface area contributed by atoms with Crippen LogP contribution >= 0.6 is 0 Å². The number of carbonyl (C=O) groups is 2. The Labute approximate surface area is 224 Å². The van der Waals surface area contributed by atoms with Crippen molar-refractivity contribution in [2.24, 2.45) is 0 Å².